The molecular formula is C17H14O4. The molecule has 0 unspecified atom stereocenters. The van der Waals surface area contributed by atoms with Crippen molar-refractivity contribution >= 4 is 11.0 Å². The Morgan fingerprint density at radius 2 is 1.52 bits per heavy atom. The van der Waals surface area contributed by atoms with Crippen molar-refractivity contribution in [2.45, 2.75) is 0 Å². The van der Waals surface area contributed by atoms with Crippen molar-refractivity contribution in [3.8, 4) is 22.6 Å². The summed E-state index contributed by atoms with van der Waals surface area (Å²) in [5.41, 5.74) is 2.19. The maximum absolute atomic E-state index is 11.2. The van der Waals surface area contributed by atoms with Crippen LogP contribution in [-0.2, 0) is 0 Å². The largest absolute Gasteiger partial charge is 0.497 e. The SMILES string of the molecule is COc1cc(OC)cc(-c2ccc3oc(=O)ccc3c2)c1. The molecule has 3 aromatic rings. The highest BCUT2D eigenvalue weighted by Crippen LogP contribution is 2.31. The molecule has 0 aliphatic rings. The minimum absolute atomic E-state index is 0.349. The summed E-state index contributed by atoms with van der Waals surface area (Å²) in [7, 11) is 3.24. The summed E-state index contributed by atoms with van der Waals surface area (Å²) in [6, 6.07) is 14.5. The van der Waals surface area contributed by atoms with Gasteiger partial charge in [-0.15, -0.1) is 0 Å². The lowest BCUT2D eigenvalue weighted by atomic mass is 10.0. The molecular weight excluding hydrogens is 268 g/mol. The zero-order valence-electron chi connectivity index (χ0n) is 11.8. The Balaban J connectivity index is 2.15. The molecule has 0 bridgehead atoms. The minimum atomic E-state index is -0.349. The van der Waals surface area contributed by atoms with Gasteiger partial charge in [-0.05, 0) is 41.5 Å². The normalized spacial score (nSPS) is 10.6. The second-order valence-electron chi connectivity index (χ2n) is 4.61. The lowest BCUT2D eigenvalue weighted by Crippen LogP contribution is -1.94. The Kier molecular flexibility index (Phi) is 3.36. The van der Waals surface area contributed by atoms with Gasteiger partial charge in [0.1, 0.15) is 17.1 Å². The topological polar surface area (TPSA) is 48.7 Å². The molecule has 0 N–H and O–H groups in total. The zero-order valence-corrected chi connectivity index (χ0v) is 11.8. The van der Waals surface area contributed by atoms with Gasteiger partial charge in [0.2, 0.25) is 0 Å². The molecule has 1 aromatic heterocycles. The van der Waals surface area contributed by atoms with Crippen molar-refractivity contribution in [3.63, 3.8) is 0 Å². The van der Waals surface area contributed by atoms with Crippen LogP contribution in [0.2, 0.25) is 0 Å². The number of fused-ring (bicyclic) bond motifs is 1. The fourth-order valence-corrected chi connectivity index (χ4v) is 2.23. The van der Waals surface area contributed by atoms with Crippen LogP contribution in [-0.4, -0.2) is 14.2 Å². The summed E-state index contributed by atoms with van der Waals surface area (Å²) in [4.78, 5) is 11.2. The van der Waals surface area contributed by atoms with Crippen molar-refractivity contribution in [1.29, 1.82) is 0 Å². The number of hydrogen-bond acceptors (Lipinski definition) is 4. The molecule has 3 rings (SSSR count). The Bertz CT molecular complexity index is 827. The monoisotopic (exact) mass is 282 g/mol. The second-order valence-corrected chi connectivity index (χ2v) is 4.61. The van der Waals surface area contributed by atoms with Crippen LogP contribution in [0, 0.1) is 0 Å². The standard InChI is InChI=1S/C17H14O4/c1-19-14-8-13(9-15(10-14)20-2)11-3-5-16-12(7-11)4-6-17(18)21-16/h3-10H,1-2H3. The molecule has 21 heavy (non-hydrogen) atoms. The van der Waals surface area contributed by atoms with Crippen LogP contribution in [0.15, 0.2) is 57.7 Å². The summed E-state index contributed by atoms with van der Waals surface area (Å²) in [5.74, 6) is 1.45. The average molecular weight is 282 g/mol. The molecule has 0 radical (unpaired) electrons. The molecule has 4 heteroatoms. The van der Waals surface area contributed by atoms with E-state index in [0.29, 0.717) is 5.58 Å². The van der Waals surface area contributed by atoms with Gasteiger partial charge in [0.15, 0.2) is 0 Å². The van der Waals surface area contributed by atoms with E-state index in [1.807, 2.05) is 30.3 Å². The van der Waals surface area contributed by atoms with E-state index in [-0.39, 0.29) is 5.63 Å². The molecule has 1 heterocycles. The van der Waals surface area contributed by atoms with Crippen molar-refractivity contribution in [1.82, 2.24) is 0 Å². The molecule has 0 spiro atoms. The first-order chi connectivity index (χ1) is 10.2. The van der Waals surface area contributed by atoms with Gasteiger partial charge in [0.25, 0.3) is 0 Å². The van der Waals surface area contributed by atoms with Gasteiger partial charge in [-0.1, -0.05) is 6.07 Å². The van der Waals surface area contributed by atoms with Gasteiger partial charge in [0, 0.05) is 17.5 Å². The molecule has 0 saturated heterocycles. The first-order valence-electron chi connectivity index (χ1n) is 6.47. The first-order valence-corrected chi connectivity index (χ1v) is 6.47. The number of methoxy groups -OCH3 is 2. The Morgan fingerprint density at radius 3 is 2.19 bits per heavy atom. The van der Waals surface area contributed by atoms with E-state index < -0.39 is 0 Å². The number of ether oxygens (including phenoxy) is 2. The summed E-state index contributed by atoms with van der Waals surface area (Å²) in [6.45, 7) is 0. The second kappa shape index (κ2) is 5.32. The molecule has 2 aromatic carbocycles. The fourth-order valence-electron chi connectivity index (χ4n) is 2.23. The number of hydrogen-bond donors (Lipinski definition) is 0. The van der Waals surface area contributed by atoms with E-state index in [2.05, 4.69) is 0 Å². The molecule has 0 saturated carbocycles. The smallest absolute Gasteiger partial charge is 0.336 e. The van der Waals surface area contributed by atoms with E-state index in [4.69, 9.17) is 13.9 Å². The molecule has 4 nitrogen and oxygen atoms in total. The third-order valence-electron chi connectivity index (χ3n) is 3.30. The van der Waals surface area contributed by atoms with Crippen LogP contribution >= 0.6 is 0 Å². The predicted molar refractivity (Wildman–Crippen MR) is 81.0 cm³/mol. The lowest BCUT2D eigenvalue weighted by Gasteiger charge is -2.09. The molecule has 0 aliphatic heterocycles. The third-order valence-corrected chi connectivity index (χ3v) is 3.30. The van der Waals surface area contributed by atoms with Crippen molar-refractivity contribution in [2.75, 3.05) is 14.2 Å². The van der Waals surface area contributed by atoms with Crippen LogP contribution in [0.5, 0.6) is 11.5 Å². The van der Waals surface area contributed by atoms with Crippen LogP contribution in [0.4, 0.5) is 0 Å². The summed E-state index contributed by atoms with van der Waals surface area (Å²) in [6.07, 6.45) is 0. The Hall–Kier alpha value is -2.75. The maximum Gasteiger partial charge on any atom is 0.336 e. The first kappa shape index (κ1) is 13.2. The number of rotatable bonds is 3. The van der Waals surface area contributed by atoms with Crippen LogP contribution in [0.25, 0.3) is 22.1 Å². The van der Waals surface area contributed by atoms with Crippen molar-refractivity contribution in [3.05, 3.63) is 59.0 Å². The van der Waals surface area contributed by atoms with Crippen molar-refractivity contribution < 1.29 is 13.9 Å². The minimum Gasteiger partial charge on any atom is -0.497 e. The Labute approximate surface area is 121 Å². The van der Waals surface area contributed by atoms with Gasteiger partial charge < -0.3 is 13.9 Å². The summed E-state index contributed by atoms with van der Waals surface area (Å²) >= 11 is 0. The van der Waals surface area contributed by atoms with E-state index in [9.17, 15) is 4.79 Å². The van der Waals surface area contributed by atoms with Crippen LogP contribution < -0.4 is 15.1 Å². The third kappa shape index (κ3) is 2.60. The van der Waals surface area contributed by atoms with Gasteiger partial charge >= 0.3 is 5.63 Å². The molecule has 106 valence electrons. The average Bonchev–Trinajstić information content (AvgIpc) is 2.53. The summed E-state index contributed by atoms with van der Waals surface area (Å²) < 4.78 is 15.7. The quantitative estimate of drug-likeness (QED) is 0.690. The van der Waals surface area contributed by atoms with Gasteiger partial charge in [-0.2, -0.15) is 0 Å². The molecule has 0 amide bonds. The highest BCUT2D eigenvalue weighted by atomic mass is 16.5. The van der Waals surface area contributed by atoms with Crippen LogP contribution in [0.3, 0.4) is 0 Å². The predicted octanol–water partition coefficient (Wildman–Crippen LogP) is 3.48. The zero-order chi connectivity index (χ0) is 14.8. The van der Waals surface area contributed by atoms with Gasteiger partial charge in [-0.25, -0.2) is 4.79 Å². The maximum atomic E-state index is 11.2. The fraction of sp³-hybridized carbons (Fsp3) is 0.118. The highest BCUT2D eigenvalue weighted by molar-refractivity contribution is 5.83. The molecule has 0 fully saturated rings. The summed E-state index contributed by atoms with van der Waals surface area (Å²) in [5, 5.41) is 0.869. The number of benzene rings is 2. The Morgan fingerprint density at radius 1 is 0.810 bits per heavy atom. The van der Waals surface area contributed by atoms with Crippen LogP contribution in [0.1, 0.15) is 0 Å². The van der Waals surface area contributed by atoms with E-state index >= 15 is 0 Å². The molecule has 0 atom stereocenters. The van der Waals surface area contributed by atoms with Crippen molar-refractivity contribution in [2.24, 2.45) is 0 Å². The van der Waals surface area contributed by atoms with E-state index in [1.54, 1.807) is 26.4 Å². The highest BCUT2D eigenvalue weighted by Gasteiger charge is 2.06. The van der Waals surface area contributed by atoms with E-state index in [1.165, 1.54) is 6.07 Å². The van der Waals surface area contributed by atoms with E-state index in [0.717, 1.165) is 28.0 Å². The van der Waals surface area contributed by atoms with Gasteiger partial charge in [-0.3, -0.25) is 0 Å². The lowest BCUT2D eigenvalue weighted by molar-refractivity contribution is 0.394. The molecule has 0 aliphatic carbocycles. The van der Waals surface area contributed by atoms with Gasteiger partial charge in [0.05, 0.1) is 14.2 Å².